The molecule has 0 aliphatic carbocycles. The molecule has 13 heteroatoms. The van der Waals surface area contributed by atoms with Crippen molar-refractivity contribution in [2.24, 2.45) is 0 Å². The van der Waals surface area contributed by atoms with Crippen LogP contribution in [0.25, 0.3) is 0 Å². The number of hydrogen-bond acceptors (Lipinski definition) is 13. The molecule has 0 atom stereocenters. The van der Waals surface area contributed by atoms with E-state index in [4.69, 9.17) is 35.2 Å². The highest BCUT2D eigenvalue weighted by Gasteiger charge is 2.15. The molecule has 0 spiro atoms. The normalized spacial score (nSPS) is 10.5. The first-order valence-electron chi connectivity index (χ1n) is 12.3. The minimum Gasteiger partial charge on any atom is -0.493 e. The first kappa shape index (κ1) is 27.8. The molecule has 0 saturated heterocycles. The minimum absolute atomic E-state index is 0.190. The van der Waals surface area contributed by atoms with Gasteiger partial charge in [-0.15, -0.1) is 0 Å². The Morgan fingerprint density at radius 3 is 1.75 bits per heavy atom. The fourth-order valence-electron chi connectivity index (χ4n) is 3.77. The summed E-state index contributed by atoms with van der Waals surface area (Å²) < 4.78 is 28.6. The molecule has 40 heavy (non-hydrogen) atoms. The highest BCUT2D eigenvalue weighted by Crippen LogP contribution is 2.38. The number of benzene rings is 2. The van der Waals surface area contributed by atoms with Crippen LogP contribution in [0.5, 0.6) is 28.7 Å². The second-order valence-corrected chi connectivity index (χ2v) is 8.32. The summed E-state index contributed by atoms with van der Waals surface area (Å²) in [6.07, 6.45) is 3.18. The van der Waals surface area contributed by atoms with E-state index in [9.17, 15) is 0 Å². The van der Waals surface area contributed by atoms with Crippen LogP contribution in [0.15, 0.2) is 54.9 Å². The van der Waals surface area contributed by atoms with Crippen molar-refractivity contribution >= 4 is 23.5 Å². The van der Waals surface area contributed by atoms with Gasteiger partial charge < -0.3 is 45.8 Å². The van der Waals surface area contributed by atoms with Gasteiger partial charge in [0.05, 0.1) is 21.3 Å². The van der Waals surface area contributed by atoms with Crippen LogP contribution in [0, 0.1) is 0 Å². The van der Waals surface area contributed by atoms with Gasteiger partial charge in [-0.2, -0.15) is 9.97 Å². The standard InChI is InChI=1S/C27H32N8O5/c1-36-19-5-4-17(15-32-23-6-8-30-26(28)34-23)12-20(19)39-10-11-40-22-14-18(13-21(37-2)25(22)38-3)16-33-24-7-9-31-27(29)35-24/h4-9,12-14H,10-11,15-16H2,1-3H3,(H3,28,30,32,34)(H3,29,31,33,35). The van der Waals surface area contributed by atoms with Crippen molar-refractivity contribution in [3.8, 4) is 28.7 Å². The van der Waals surface area contributed by atoms with Gasteiger partial charge in [-0.3, -0.25) is 0 Å². The van der Waals surface area contributed by atoms with Crippen molar-refractivity contribution in [1.29, 1.82) is 0 Å². The molecule has 6 N–H and O–H groups in total. The van der Waals surface area contributed by atoms with Crippen LogP contribution in [0.1, 0.15) is 11.1 Å². The van der Waals surface area contributed by atoms with Crippen LogP contribution in [0.4, 0.5) is 23.5 Å². The number of rotatable bonds is 14. The van der Waals surface area contributed by atoms with Crippen LogP contribution in [0.3, 0.4) is 0 Å². The third-order valence-corrected chi connectivity index (χ3v) is 5.63. The molecule has 4 aromatic rings. The van der Waals surface area contributed by atoms with E-state index in [-0.39, 0.29) is 25.1 Å². The average molecular weight is 549 g/mol. The van der Waals surface area contributed by atoms with Crippen LogP contribution in [0.2, 0.25) is 0 Å². The molecule has 2 aromatic carbocycles. The van der Waals surface area contributed by atoms with Gasteiger partial charge in [0.15, 0.2) is 23.0 Å². The molecule has 0 fully saturated rings. The molecule has 0 amide bonds. The molecule has 2 aromatic heterocycles. The fourth-order valence-corrected chi connectivity index (χ4v) is 3.77. The number of anilines is 4. The van der Waals surface area contributed by atoms with Crippen LogP contribution in [-0.2, 0) is 13.1 Å². The molecule has 0 aliphatic rings. The molecule has 0 saturated carbocycles. The number of nitrogens with two attached hydrogens (primary N) is 2. The first-order valence-corrected chi connectivity index (χ1v) is 12.3. The van der Waals surface area contributed by atoms with Gasteiger partial charge in [-0.05, 0) is 47.5 Å². The maximum atomic E-state index is 6.04. The molecule has 210 valence electrons. The summed E-state index contributed by atoms with van der Waals surface area (Å²) in [5.41, 5.74) is 13.2. The number of nitrogens with zero attached hydrogens (tertiary/aromatic N) is 4. The molecule has 4 rings (SSSR count). The lowest BCUT2D eigenvalue weighted by Crippen LogP contribution is -2.11. The highest BCUT2D eigenvalue weighted by atomic mass is 16.6. The Labute approximate surface area is 231 Å². The van der Waals surface area contributed by atoms with E-state index in [1.165, 1.54) is 0 Å². The van der Waals surface area contributed by atoms with Crippen LogP contribution >= 0.6 is 0 Å². The molecule has 0 unspecified atom stereocenters. The maximum absolute atomic E-state index is 6.04. The molecule has 0 bridgehead atoms. The summed E-state index contributed by atoms with van der Waals surface area (Å²) in [7, 11) is 4.72. The average Bonchev–Trinajstić information content (AvgIpc) is 2.97. The second-order valence-electron chi connectivity index (χ2n) is 8.32. The minimum atomic E-state index is 0.190. The topological polar surface area (TPSA) is 174 Å². The predicted octanol–water partition coefficient (Wildman–Crippen LogP) is 3.14. The van der Waals surface area contributed by atoms with Crippen molar-refractivity contribution < 1.29 is 23.7 Å². The molecule has 0 radical (unpaired) electrons. The summed E-state index contributed by atoms with van der Waals surface area (Å²) in [5.74, 6) is 4.34. The number of nitrogens with one attached hydrogen (secondary N) is 2. The van der Waals surface area contributed by atoms with E-state index in [1.54, 1.807) is 45.9 Å². The fraction of sp³-hybridized carbons (Fsp3) is 0.259. The third kappa shape index (κ3) is 7.43. The van der Waals surface area contributed by atoms with Crippen LogP contribution < -0.4 is 45.8 Å². The SMILES string of the molecule is COc1ccc(CNc2ccnc(N)n2)cc1OCCOc1cc(CNc2ccnc(N)n2)cc(OC)c1OC. The van der Waals surface area contributed by atoms with E-state index in [2.05, 4.69) is 30.6 Å². The summed E-state index contributed by atoms with van der Waals surface area (Å²) in [5, 5.41) is 6.42. The van der Waals surface area contributed by atoms with Gasteiger partial charge in [0.25, 0.3) is 0 Å². The lowest BCUT2D eigenvalue weighted by molar-refractivity contribution is 0.204. The molecule has 0 aliphatic heterocycles. The van der Waals surface area contributed by atoms with Gasteiger partial charge in [0.1, 0.15) is 24.8 Å². The zero-order chi connectivity index (χ0) is 28.3. The summed E-state index contributed by atoms with van der Waals surface area (Å²) >= 11 is 0. The summed E-state index contributed by atoms with van der Waals surface area (Å²) in [6.45, 7) is 1.45. The zero-order valence-corrected chi connectivity index (χ0v) is 22.5. The first-order chi connectivity index (χ1) is 19.5. The van der Waals surface area contributed by atoms with Crippen LogP contribution in [-0.4, -0.2) is 54.5 Å². The Morgan fingerprint density at radius 1 is 0.625 bits per heavy atom. The van der Waals surface area contributed by atoms with Gasteiger partial charge in [-0.25, -0.2) is 9.97 Å². The number of ether oxygens (including phenoxy) is 5. The molecular formula is C27H32N8O5. The third-order valence-electron chi connectivity index (χ3n) is 5.63. The predicted molar refractivity (Wildman–Crippen MR) is 151 cm³/mol. The lowest BCUT2D eigenvalue weighted by Gasteiger charge is -2.17. The monoisotopic (exact) mass is 548 g/mol. The van der Waals surface area contributed by atoms with Crippen molar-refractivity contribution in [2.75, 3.05) is 56.6 Å². The zero-order valence-electron chi connectivity index (χ0n) is 22.5. The number of aromatic nitrogens is 4. The van der Waals surface area contributed by atoms with E-state index in [1.807, 2.05) is 30.3 Å². The summed E-state index contributed by atoms with van der Waals surface area (Å²) in [6, 6.07) is 12.9. The highest BCUT2D eigenvalue weighted by molar-refractivity contribution is 5.54. The van der Waals surface area contributed by atoms with Crippen molar-refractivity contribution in [3.63, 3.8) is 0 Å². The second kappa shape index (κ2) is 13.6. The smallest absolute Gasteiger partial charge is 0.221 e. The van der Waals surface area contributed by atoms with Crippen molar-refractivity contribution in [2.45, 2.75) is 13.1 Å². The largest absolute Gasteiger partial charge is 0.493 e. The van der Waals surface area contributed by atoms with Crippen molar-refractivity contribution in [3.05, 3.63) is 66.0 Å². The van der Waals surface area contributed by atoms with E-state index in [0.29, 0.717) is 53.5 Å². The Bertz CT molecular complexity index is 1420. The van der Waals surface area contributed by atoms with Crippen molar-refractivity contribution in [1.82, 2.24) is 19.9 Å². The number of nitrogen functional groups attached to an aromatic ring is 2. The maximum Gasteiger partial charge on any atom is 0.221 e. The van der Waals surface area contributed by atoms with E-state index >= 15 is 0 Å². The Morgan fingerprint density at radius 2 is 1.18 bits per heavy atom. The van der Waals surface area contributed by atoms with E-state index in [0.717, 1.165) is 11.1 Å². The molecule has 13 nitrogen and oxygen atoms in total. The Balaban J connectivity index is 1.38. The van der Waals surface area contributed by atoms with Gasteiger partial charge >= 0.3 is 0 Å². The quantitative estimate of drug-likeness (QED) is 0.169. The van der Waals surface area contributed by atoms with E-state index < -0.39 is 0 Å². The number of methoxy groups -OCH3 is 3. The molecular weight excluding hydrogens is 516 g/mol. The summed E-state index contributed by atoms with van der Waals surface area (Å²) in [4.78, 5) is 16.1. The van der Waals surface area contributed by atoms with Gasteiger partial charge in [-0.1, -0.05) is 6.07 Å². The molecule has 2 heterocycles. The number of hydrogen-bond donors (Lipinski definition) is 4. The Kier molecular flexibility index (Phi) is 9.43. The lowest BCUT2D eigenvalue weighted by atomic mass is 10.1. The Hall–Kier alpha value is -5.20. The van der Waals surface area contributed by atoms with Gasteiger partial charge in [0, 0.05) is 25.5 Å². The van der Waals surface area contributed by atoms with Gasteiger partial charge in [0.2, 0.25) is 17.6 Å².